The molecule has 0 amide bonds. The minimum absolute atomic E-state index is 0. The molecule has 1 heterocycles. The van der Waals surface area contributed by atoms with Crippen molar-refractivity contribution in [1.82, 2.24) is 5.32 Å². The van der Waals surface area contributed by atoms with Crippen molar-refractivity contribution in [1.29, 1.82) is 0 Å². The molecule has 4 nitrogen and oxygen atoms in total. The summed E-state index contributed by atoms with van der Waals surface area (Å²) < 4.78 is 16.4. The largest absolute Gasteiger partial charge is 0.489 e. The van der Waals surface area contributed by atoms with Gasteiger partial charge in [-0.3, -0.25) is 0 Å². The summed E-state index contributed by atoms with van der Waals surface area (Å²) in [5, 5.41) is 3.30. The smallest absolute Gasteiger partial charge is 0.231 e. The molecule has 2 aromatic carbocycles. The third-order valence-corrected chi connectivity index (χ3v) is 3.34. The molecule has 118 valence electrons. The van der Waals surface area contributed by atoms with Gasteiger partial charge in [0, 0.05) is 6.54 Å². The van der Waals surface area contributed by atoms with E-state index in [-0.39, 0.29) is 12.4 Å². The Morgan fingerprint density at radius 3 is 2.50 bits per heavy atom. The van der Waals surface area contributed by atoms with Crippen LogP contribution in [-0.2, 0) is 13.2 Å². The maximum atomic E-state index is 5.79. The molecule has 0 atom stereocenters. The average molecular weight is 322 g/mol. The third kappa shape index (κ3) is 4.06. The molecule has 0 aliphatic carbocycles. The van der Waals surface area contributed by atoms with E-state index < -0.39 is 0 Å². The molecule has 0 saturated heterocycles. The van der Waals surface area contributed by atoms with Crippen molar-refractivity contribution < 1.29 is 14.2 Å². The lowest BCUT2D eigenvalue weighted by Gasteiger charge is -2.08. The minimum atomic E-state index is 0. The summed E-state index contributed by atoms with van der Waals surface area (Å²) >= 11 is 0. The summed E-state index contributed by atoms with van der Waals surface area (Å²) in [6.07, 6.45) is 0. The lowest BCUT2D eigenvalue weighted by molar-refractivity contribution is 0.174. The number of nitrogens with one attached hydrogen (secondary N) is 1. The second kappa shape index (κ2) is 7.92. The minimum Gasteiger partial charge on any atom is -0.489 e. The normalized spacial score (nSPS) is 11.9. The van der Waals surface area contributed by atoms with E-state index in [1.165, 1.54) is 5.56 Å². The van der Waals surface area contributed by atoms with Crippen molar-refractivity contribution >= 4 is 12.4 Å². The van der Waals surface area contributed by atoms with Gasteiger partial charge in [0.2, 0.25) is 6.79 Å². The summed E-state index contributed by atoms with van der Waals surface area (Å²) in [6, 6.07) is 14.0. The van der Waals surface area contributed by atoms with Crippen molar-refractivity contribution in [2.45, 2.75) is 20.1 Å². The molecular formula is C17H20ClNO3. The van der Waals surface area contributed by atoms with Crippen molar-refractivity contribution in [3.05, 3.63) is 53.6 Å². The van der Waals surface area contributed by atoms with Crippen LogP contribution in [0.15, 0.2) is 42.5 Å². The van der Waals surface area contributed by atoms with Crippen LogP contribution in [-0.4, -0.2) is 13.3 Å². The molecule has 1 aliphatic rings. The number of benzene rings is 2. The van der Waals surface area contributed by atoms with E-state index in [0.29, 0.717) is 13.4 Å². The van der Waals surface area contributed by atoms with Gasteiger partial charge in [0.05, 0.1) is 0 Å². The highest BCUT2D eigenvalue weighted by Crippen LogP contribution is 2.32. The van der Waals surface area contributed by atoms with Crippen LogP contribution < -0.4 is 19.5 Å². The Balaban J connectivity index is 0.00000176. The lowest BCUT2D eigenvalue weighted by Crippen LogP contribution is -2.11. The molecular weight excluding hydrogens is 302 g/mol. The maximum Gasteiger partial charge on any atom is 0.231 e. The molecule has 1 N–H and O–H groups in total. The van der Waals surface area contributed by atoms with E-state index in [0.717, 1.165) is 35.9 Å². The number of rotatable bonds is 6. The maximum absolute atomic E-state index is 5.79. The number of hydrogen-bond acceptors (Lipinski definition) is 4. The first-order valence-corrected chi connectivity index (χ1v) is 7.16. The van der Waals surface area contributed by atoms with Gasteiger partial charge in [-0.2, -0.15) is 0 Å². The summed E-state index contributed by atoms with van der Waals surface area (Å²) in [4.78, 5) is 0. The number of halogens is 1. The van der Waals surface area contributed by atoms with E-state index in [2.05, 4.69) is 24.4 Å². The summed E-state index contributed by atoms with van der Waals surface area (Å²) in [5.74, 6) is 2.46. The molecule has 0 saturated carbocycles. The van der Waals surface area contributed by atoms with Gasteiger partial charge >= 0.3 is 0 Å². The van der Waals surface area contributed by atoms with Gasteiger partial charge in [-0.05, 0) is 41.9 Å². The zero-order valence-electron chi connectivity index (χ0n) is 12.5. The van der Waals surface area contributed by atoms with Crippen molar-refractivity contribution in [3.63, 3.8) is 0 Å². The summed E-state index contributed by atoms with van der Waals surface area (Å²) in [7, 11) is 0. The highest BCUT2D eigenvalue weighted by molar-refractivity contribution is 5.85. The molecule has 0 fully saturated rings. The quantitative estimate of drug-likeness (QED) is 0.883. The van der Waals surface area contributed by atoms with E-state index in [9.17, 15) is 0 Å². The van der Waals surface area contributed by atoms with Gasteiger partial charge in [0.15, 0.2) is 11.5 Å². The zero-order valence-corrected chi connectivity index (χ0v) is 13.3. The van der Waals surface area contributed by atoms with E-state index in [1.807, 2.05) is 30.3 Å². The fraction of sp³-hybridized carbons (Fsp3) is 0.294. The fourth-order valence-corrected chi connectivity index (χ4v) is 2.17. The molecule has 1 aliphatic heterocycles. The van der Waals surface area contributed by atoms with E-state index in [4.69, 9.17) is 14.2 Å². The van der Waals surface area contributed by atoms with Crippen molar-refractivity contribution in [3.8, 4) is 17.2 Å². The van der Waals surface area contributed by atoms with Gasteiger partial charge in [0.25, 0.3) is 0 Å². The first kappa shape index (κ1) is 16.5. The Hall–Kier alpha value is -1.91. The van der Waals surface area contributed by atoms with Crippen LogP contribution in [0.4, 0.5) is 0 Å². The van der Waals surface area contributed by atoms with E-state index in [1.54, 1.807) is 0 Å². The Bertz CT molecular complexity index is 601. The van der Waals surface area contributed by atoms with Crippen molar-refractivity contribution in [2.24, 2.45) is 0 Å². The molecule has 2 aromatic rings. The molecule has 3 rings (SSSR count). The highest BCUT2D eigenvalue weighted by atomic mass is 35.5. The van der Waals surface area contributed by atoms with Crippen LogP contribution in [0.1, 0.15) is 18.1 Å². The molecule has 0 radical (unpaired) electrons. The summed E-state index contributed by atoms with van der Waals surface area (Å²) in [5.41, 5.74) is 2.32. The lowest BCUT2D eigenvalue weighted by atomic mass is 10.2. The first-order valence-electron chi connectivity index (χ1n) is 7.16. The molecule has 22 heavy (non-hydrogen) atoms. The van der Waals surface area contributed by atoms with Crippen LogP contribution >= 0.6 is 12.4 Å². The van der Waals surface area contributed by atoms with Crippen LogP contribution in [0.5, 0.6) is 17.2 Å². The third-order valence-electron chi connectivity index (χ3n) is 3.34. The van der Waals surface area contributed by atoms with Crippen LogP contribution in [0.2, 0.25) is 0 Å². The summed E-state index contributed by atoms with van der Waals surface area (Å²) in [6.45, 7) is 4.78. The Morgan fingerprint density at radius 1 is 1.00 bits per heavy atom. The number of fused-ring (bicyclic) bond motifs is 1. The molecule has 0 unspecified atom stereocenters. The molecule has 5 heteroatoms. The first-order chi connectivity index (χ1) is 10.3. The molecule has 0 aromatic heterocycles. The van der Waals surface area contributed by atoms with Gasteiger partial charge in [-0.15, -0.1) is 12.4 Å². The molecule has 0 bridgehead atoms. The van der Waals surface area contributed by atoms with Crippen LogP contribution in [0, 0.1) is 0 Å². The van der Waals surface area contributed by atoms with Gasteiger partial charge < -0.3 is 19.5 Å². The SMILES string of the molecule is CCNCc1ccc(OCc2ccc3c(c2)OCO3)cc1.Cl. The number of ether oxygens (including phenoxy) is 3. The second-order valence-corrected chi connectivity index (χ2v) is 4.90. The van der Waals surface area contributed by atoms with Gasteiger partial charge in [0.1, 0.15) is 12.4 Å². The predicted octanol–water partition coefficient (Wildman–Crippen LogP) is 3.53. The topological polar surface area (TPSA) is 39.7 Å². The second-order valence-electron chi connectivity index (χ2n) is 4.90. The van der Waals surface area contributed by atoms with Crippen molar-refractivity contribution in [2.75, 3.05) is 13.3 Å². The van der Waals surface area contributed by atoms with E-state index >= 15 is 0 Å². The van der Waals surface area contributed by atoms with Crippen LogP contribution in [0.25, 0.3) is 0 Å². The average Bonchev–Trinajstić information content (AvgIpc) is 2.99. The number of hydrogen-bond donors (Lipinski definition) is 1. The predicted molar refractivity (Wildman–Crippen MR) is 88.0 cm³/mol. The van der Waals surface area contributed by atoms with Crippen LogP contribution in [0.3, 0.4) is 0 Å². The molecule has 0 spiro atoms. The Labute approximate surface area is 136 Å². The van der Waals surface area contributed by atoms with Gasteiger partial charge in [-0.1, -0.05) is 25.1 Å². The highest BCUT2D eigenvalue weighted by Gasteiger charge is 2.13. The standard InChI is InChI=1S/C17H19NO3.ClH/c1-2-18-10-13-3-6-15(7-4-13)19-11-14-5-8-16-17(9-14)21-12-20-16;/h3-9,18H,2,10-12H2,1H3;1H. The fourth-order valence-electron chi connectivity index (χ4n) is 2.17. The monoisotopic (exact) mass is 321 g/mol. The Kier molecular flexibility index (Phi) is 5.92. The Morgan fingerprint density at radius 2 is 1.73 bits per heavy atom. The van der Waals surface area contributed by atoms with Gasteiger partial charge in [-0.25, -0.2) is 0 Å². The zero-order chi connectivity index (χ0) is 14.5.